The molecule has 0 aliphatic carbocycles. The summed E-state index contributed by atoms with van der Waals surface area (Å²) in [6, 6.07) is 29.1. The van der Waals surface area contributed by atoms with Crippen LogP contribution in [0, 0.1) is 13.8 Å². The van der Waals surface area contributed by atoms with E-state index in [2.05, 4.69) is 77.9 Å². The second-order valence-electron chi connectivity index (χ2n) is 8.80. The lowest BCUT2D eigenvalue weighted by Crippen LogP contribution is -2.36. The van der Waals surface area contributed by atoms with Crippen LogP contribution in [0.15, 0.2) is 89.9 Å². The molecule has 0 saturated carbocycles. The third-order valence-electron chi connectivity index (χ3n) is 6.39. The molecule has 0 spiro atoms. The molecular formula is C30H31N3O2. The first-order valence-corrected chi connectivity index (χ1v) is 12.1. The maximum absolute atomic E-state index is 5.94. The molecule has 35 heavy (non-hydrogen) atoms. The summed E-state index contributed by atoms with van der Waals surface area (Å²) in [5.41, 5.74) is 7.89. The van der Waals surface area contributed by atoms with Crippen molar-refractivity contribution in [2.45, 2.75) is 20.5 Å². The van der Waals surface area contributed by atoms with E-state index in [0.717, 1.165) is 60.2 Å². The fraction of sp³-hybridized carbons (Fsp3) is 0.233. The number of hydrogen-bond donors (Lipinski definition) is 0. The number of rotatable bonds is 7. The molecule has 0 atom stereocenters. The lowest BCUT2D eigenvalue weighted by atomic mass is 10.2. The van der Waals surface area contributed by atoms with Gasteiger partial charge in [0.1, 0.15) is 12.4 Å². The van der Waals surface area contributed by atoms with Crippen LogP contribution in [0.25, 0.3) is 5.69 Å². The minimum absolute atomic E-state index is 0.565. The molecule has 1 fully saturated rings. The van der Waals surface area contributed by atoms with E-state index in [9.17, 15) is 0 Å². The van der Waals surface area contributed by atoms with E-state index < -0.39 is 0 Å². The maximum atomic E-state index is 5.94. The molecule has 0 radical (unpaired) electrons. The Morgan fingerprint density at radius 3 is 2.26 bits per heavy atom. The third-order valence-corrected chi connectivity index (χ3v) is 6.39. The summed E-state index contributed by atoms with van der Waals surface area (Å²) in [4.78, 5) is 7.09. The summed E-state index contributed by atoms with van der Waals surface area (Å²) in [5, 5.41) is 0. The van der Waals surface area contributed by atoms with Gasteiger partial charge in [0, 0.05) is 47.6 Å². The predicted molar refractivity (Wildman–Crippen MR) is 143 cm³/mol. The molecule has 5 heteroatoms. The summed E-state index contributed by atoms with van der Waals surface area (Å²) in [6.45, 7) is 8.29. The van der Waals surface area contributed by atoms with Crippen LogP contribution < -0.4 is 9.64 Å². The highest BCUT2D eigenvalue weighted by molar-refractivity contribution is 5.84. The van der Waals surface area contributed by atoms with Crippen LogP contribution in [-0.2, 0) is 11.3 Å². The molecule has 1 aromatic heterocycles. The quantitative estimate of drug-likeness (QED) is 0.302. The van der Waals surface area contributed by atoms with E-state index in [1.807, 2.05) is 36.5 Å². The van der Waals surface area contributed by atoms with E-state index >= 15 is 0 Å². The van der Waals surface area contributed by atoms with E-state index in [-0.39, 0.29) is 0 Å². The van der Waals surface area contributed by atoms with Gasteiger partial charge in [-0.25, -0.2) is 0 Å². The van der Waals surface area contributed by atoms with Crippen molar-refractivity contribution in [1.82, 2.24) is 4.57 Å². The molecule has 178 valence electrons. The van der Waals surface area contributed by atoms with Crippen LogP contribution >= 0.6 is 0 Å². The Morgan fingerprint density at radius 1 is 0.857 bits per heavy atom. The normalized spacial score (nSPS) is 13.9. The summed E-state index contributed by atoms with van der Waals surface area (Å²) in [5.74, 6) is 0.863. The zero-order chi connectivity index (χ0) is 24.0. The molecule has 1 aliphatic rings. The SMILES string of the molecule is Cc1cc(C=Nc2ccc(N3CCOCC3)cc2)c(C)n1-c1ccc(OCc2ccccc2)cc1. The number of benzene rings is 3. The number of nitrogens with zero attached hydrogens (tertiary/aromatic N) is 3. The van der Waals surface area contributed by atoms with Gasteiger partial charge < -0.3 is 18.9 Å². The summed E-state index contributed by atoms with van der Waals surface area (Å²) >= 11 is 0. The van der Waals surface area contributed by atoms with Crippen molar-refractivity contribution in [3.8, 4) is 11.4 Å². The fourth-order valence-electron chi connectivity index (χ4n) is 4.46. The van der Waals surface area contributed by atoms with Crippen molar-refractivity contribution in [3.63, 3.8) is 0 Å². The Balaban J connectivity index is 1.26. The highest BCUT2D eigenvalue weighted by Crippen LogP contribution is 2.24. The molecular weight excluding hydrogens is 434 g/mol. The second-order valence-corrected chi connectivity index (χ2v) is 8.80. The average Bonchev–Trinajstić information content (AvgIpc) is 3.20. The third kappa shape index (κ3) is 5.47. The van der Waals surface area contributed by atoms with Gasteiger partial charge in [-0.05, 0) is 74.0 Å². The average molecular weight is 466 g/mol. The summed E-state index contributed by atoms with van der Waals surface area (Å²) in [6.07, 6.45) is 1.96. The number of anilines is 1. The zero-order valence-electron chi connectivity index (χ0n) is 20.4. The number of aromatic nitrogens is 1. The number of aryl methyl sites for hydroxylation is 1. The molecule has 4 aromatic rings. The van der Waals surface area contributed by atoms with Crippen molar-refractivity contribution < 1.29 is 9.47 Å². The Kier molecular flexibility index (Phi) is 6.96. The highest BCUT2D eigenvalue weighted by Gasteiger charge is 2.12. The van der Waals surface area contributed by atoms with Gasteiger partial charge in [0.15, 0.2) is 0 Å². The van der Waals surface area contributed by atoms with Crippen molar-refractivity contribution in [2.24, 2.45) is 4.99 Å². The highest BCUT2D eigenvalue weighted by atomic mass is 16.5. The molecule has 0 unspecified atom stereocenters. The smallest absolute Gasteiger partial charge is 0.119 e. The molecule has 5 rings (SSSR count). The van der Waals surface area contributed by atoms with Gasteiger partial charge in [0.25, 0.3) is 0 Å². The van der Waals surface area contributed by atoms with Crippen LogP contribution in [0.2, 0.25) is 0 Å². The Labute approximate surface area is 207 Å². The number of morpholine rings is 1. The maximum Gasteiger partial charge on any atom is 0.119 e. The van der Waals surface area contributed by atoms with Crippen molar-refractivity contribution in [1.29, 1.82) is 0 Å². The van der Waals surface area contributed by atoms with E-state index in [1.54, 1.807) is 0 Å². The standard InChI is InChI=1S/C30H31N3O2/c1-23-20-26(21-31-27-8-10-28(11-9-27)32-16-18-34-19-17-32)24(2)33(23)29-12-14-30(15-13-29)35-22-25-6-4-3-5-7-25/h3-15,20-21H,16-19,22H2,1-2H3. The van der Waals surface area contributed by atoms with Crippen molar-refractivity contribution in [2.75, 3.05) is 31.2 Å². The summed E-state index contributed by atoms with van der Waals surface area (Å²) in [7, 11) is 0. The molecule has 5 nitrogen and oxygen atoms in total. The minimum atomic E-state index is 0.565. The Morgan fingerprint density at radius 2 is 1.54 bits per heavy atom. The van der Waals surface area contributed by atoms with E-state index in [1.165, 1.54) is 11.4 Å². The van der Waals surface area contributed by atoms with Gasteiger partial charge in [-0.15, -0.1) is 0 Å². The molecule has 0 amide bonds. The van der Waals surface area contributed by atoms with Crippen molar-refractivity contribution >= 4 is 17.6 Å². The van der Waals surface area contributed by atoms with Gasteiger partial charge in [-0.1, -0.05) is 30.3 Å². The monoisotopic (exact) mass is 465 g/mol. The molecule has 1 saturated heterocycles. The number of ether oxygens (including phenoxy) is 2. The largest absolute Gasteiger partial charge is 0.489 e. The van der Waals surface area contributed by atoms with Gasteiger partial charge in [0.05, 0.1) is 18.9 Å². The lowest BCUT2D eigenvalue weighted by molar-refractivity contribution is 0.122. The molecule has 0 bridgehead atoms. The Hall–Kier alpha value is -3.83. The van der Waals surface area contributed by atoms with E-state index in [0.29, 0.717) is 6.61 Å². The van der Waals surface area contributed by atoms with Gasteiger partial charge >= 0.3 is 0 Å². The van der Waals surface area contributed by atoms with Gasteiger partial charge in [-0.3, -0.25) is 4.99 Å². The molecule has 3 aromatic carbocycles. The van der Waals surface area contributed by atoms with Gasteiger partial charge in [-0.2, -0.15) is 0 Å². The molecule has 0 N–H and O–H groups in total. The van der Waals surface area contributed by atoms with Gasteiger partial charge in [0.2, 0.25) is 0 Å². The lowest BCUT2D eigenvalue weighted by Gasteiger charge is -2.28. The van der Waals surface area contributed by atoms with Crippen LogP contribution in [0.1, 0.15) is 22.5 Å². The summed E-state index contributed by atoms with van der Waals surface area (Å²) < 4.78 is 13.6. The van der Waals surface area contributed by atoms with Crippen LogP contribution in [0.4, 0.5) is 11.4 Å². The number of aliphatic imine (C=N–C) groups is 1. The topological polar surface area (TPSA) is 39.0 Å². The first kappa shape index (κ1) is 22.9. The minimum Gasteiger partial charge on any atom is -0.489 e. The van der Waals surface area contributed by atoms with E-state index in [4.69, 9.17) is 14.5 Å². The first-order valence-electron chi connectivity index (χ1n) is 12.1. The predicted octanol–water partition coefficient (Wildman–Crippen LogP) is 6.26. The fourth-order valence-corrected chi connectivity index (χ4v) is 4.46. The first-order chi connectivity index (χ1) is 17.2. The van der Waals surface area contributed by atoms with Crippen LogP contribution in [0.5, 0.6) is 5.75 Å². The van der Waals surface area contributed by atoms with Crippen LogP contribution in [0.3, 0.4) is 0 Å². The zero-order valence-corrected chi connectivity index (χ0v) is 20.4. The Bertz CT molecular complexity index is 1270. The van der Waals surface area contributed by atoms with Crippen LogP contribution in [-0.4, -0.2) is 37.1 Å². The second kappa shape index (κ2) is 10.6. The molecule has 2 heterocycles. The van der Waals surface area contributed by atoms with Crippen molar-refractivity contribution in [3.05, 3.63) is 107 Å². The number of hydrogen-bond acceptors (Lipinski definition) is 4. The molecule has 1 aliphatic heterocycles.